The molecule has 0 aromatic heterocycles. The molecule has 0 unspecified atom stereocenters. The Balaban J connectivity index is 3.18. The Kier molecular flexibility index (Phi) is 4.11. The number of ether oxygens (including phenoxy) is 1. The smallest absolute Gasteiger partial charge is 0.197 e. The molecule has 0 aliphatic carbocycles. The maximum atomic E-state index is 10.8. The van der Waals surface area contributed by atoms with Crippen molar-refractivity contribution in [1.29, 1.82) is 0 Å². The summed E-state index contributed by atoms with van der Waals surface area (Å²) in [5.74, 6) is 0. The van der Waals surface area contributed by atoms with E-state index in [1.807, 2.05) is 0 Å². The molecule has 3 nitrogen and oxygen atoms in total. The predicted octanol–water partition coefficient (Wildman–Crippen LogP) is 1.19. The van der Waals surface area contributed by atoms with Crippen LogP contribution in [0, 0.1) is 0 Å². The van der Waals surface area contributed by atoms with Crippen LogP contribution in [0.2, 0.25) is 0 Å². The van der Waals surface area contributed by atoms with Crippen molar-refractivity contribution in [2.75, 3.05) is 33.7 Å². The van der Waals surface area contributed by atoms with Gasteiger partial charge in [-0.05, 0) is 0 Å². The zero-order valence-corrected chi connectivity index (χ0v) is 6.98. The fourth-order valence-electron chi connectivity index (χ4n) is 0.340. The van der Waals surface area contributed by atoms with Gasteiger partial charge in [0.1, 0.15) is 0 Å². The molecule has 0 atom stereocenters. The molecular weight excluding hydrogens is 139 g/mol. The summed E-state index contributed by atoms with van der Waals surface area (Å²) < 4.78 is 20.4. The van der Waals surface area contributed by atoms with Crippen molar-refractivity contribution < 1.29 is 13.8 Å². The van der Waals surface area contributed by atoms with Crippen molar-refractivity contribution >= 4 is 7.37 Å². The normalized spacial score (nSPS) is 11.9. The van der Waals surface area contributed by atoms with Gasteiger partial charge in [-0.2, -0.15) is 0 Å². The molecule has 0 radical (unpaired) electrons. The molecule has 0 aromatic carbocycles. The third-order valence-electron chi connectivity index (χ3n) is 0.690. The molecule has 0 saturated carbocycles. The van der Waals surface area contributed by atoms with E-state index in [9.17, 15) is 4.57 Å². The minimum atomic E-state index is -2.28. The summed E-state index contributed by atoms with van der Waals surface area (Å²) in [5.41, 5.74) is 0. The Morgan fingerprint density at radius 1 is 1.33 bits per heavy atom. The summed E-state index contributed by atoms with van der Waals surface area (Å²) in [5, 5.41) is 0. The summed E-state index contributed by atoms with van der Waals surface area (Å²) in [4.78, 5) is 0. The van der Waals surface area contributed by atoms with Crippen LogP contribution in [0.25, 0.3) is 0 Å². The van der Waals surface area contributed by atoms with E-state index >= 15 is 0 Å². The quantitative estimate of drug-likeness (QED) is 0.448. The lowest BCUT2D eigenvalue weighted by Gasteiger charge is -2.06. The van der Waals surface area contributed by atoms with Gasteiger partial charge in [-0.15, -0.1) is 0 Å². The van der Waals surface area contributed by atoms with Crippen LogP contribution in [0.1, 0.15) is 0 Å². The first kappa shape index (κ1) is 9.15. The van der Waals surface area contributed by atoms with E-state index in [2.05, 4.69) is 0 Å². The van der Waals surface area contributed by atoms with E-state index in [1.165, 1.54) is 0 Å². The summed E-state index contributed by atoms with van der Waals surface area (Å²) >= 11 is 0. The highest BCUT2D eigenvalue weighted by Gasteiger charge is 2.04. The Labute approximate surface area is 55.8 Å². The maximum absolute atomic E-state index is 10.8. The molecule has 0 saturated heterocycles. The van der Waals surface area contributed by atoms with Crippen molar-refractivity contribution in [3.05, 3.63) is 0 Å². The van der Waals surface area contributed by atoms with E-state index in [-0.39, 0.29) is 0 Å². The van der Waals surface area contributed by atoms with Crippen LogP contribution >= 0.6 is 7.37 Å². The number of methoxy groups -OCH3 is 1. The predicted molar refractivity (Wildman–Crippen MR) is 37.3 cm³/mol. The average Bonchev–Trinajstić information content (AvgIpc) is 1.63. The standard InChI is InChI=1S/C5H13O3P/c1-7-4-5-8-9(2,3)6/h4-5H2,1-3H3. The third-order valence-corrected chi connectivity index (χ3v) is 1.49. The molecule has 0 bridgehead atoms. The van der Waals surface area contributed by atoms with Gasteiger partial charge in [-0.25, -0.2) is 0 Å². The van der Waals surface area contributed by atoms with Crippen molar-refractivity contribution in [2.24, 2.45) is 0 Å². The van der Waals surface area contributed by atoms with Crippen molar-refractivity contribution in [2.45, 2.75) is 0 Å². The van der Waals surface area contributed by atoms with Gasteiger partial charge in [0.15, 0.2) is 7.37 Å². The second kappa shape index (κ2) is 4.04. The number of hydrogen-bond donors (Lipinski definition) is 0. The lowest BCUT2D eigenvalue weighted by molar-refractivity contribution is 0.148. The van der Waals surface area contributed by atoms with Crippen LogP contribution in [-0.4, -0.2) is 33.7 Å². The third kappa shape index (κ3) is 8.15. The van der Waals surface area contributed by atoms with Crippen LogP contribution in [-0.2, 0) is 13.8 Å². The summed E-state index contributed by atoms with van der Waals surface area (Å²) in [6.45, 7) is 4.10. The van der Waals surface area contributed by atoms with E-state index in [1.54, 1.807) is 20.4 Å². The topological polar surface area (TPSA) is 35.5 Å². The molecule has 0 heterocycles. The fourth-order valence-corrected chi connectivity index (χ4v) is 0.855. The molecule has 0 amide bonds. The van der Waals surface area contributed by atoms with Crippen molar-refractivity contribution in [3.63, 3.8) is 0 Å². The molecule has 0 spiro atoms. The summed E-state index contributed by atoms with van der Waals surface area (Å²) in [6.07, 6.45) is 0. The largest absolute Gasteiger partial charge is 0.382 e. The van der Waals surface area contributed by atoms with Gasteiger partial charge >= 0.3 is 0 Å². The minimum Gasteiger partial charge on any atom is -0.382 e. The van der Waals surface area contributed by atoms with Gasteiger partial charge in [-0.3, -0.25) is 4.57 Å². The Hall–Kier alpha value is 0.150. The molecule has 56 valence electrons. The van der Waals surface area contributed by atoms with Gasteiger partial charge in [-0.1, -0.05) is 0 Å². The van der Waals surface area contributed by atoms with Gasteiger partial charge in [0.05, 0.1) is 13.2 Å². The van der Waals surface area contributed by atoms with Crippen LogP contribution < -0.4 is 0 Å². The SMILES string of the molecule is COCCOP(C)(C)=O. The molecule has 0 aromatic rings. The number of hydrogen-bond acceptors (Lipinski definition) is 3. The lowest BCUT2D eigenvalue weighted by atomic mass is 10.8. The Bertz CT molecular complexity index is 107. The molecule has 0 aliphatic heterocycles. The van der Waals surface area contributed by atoms with Crippen molar-refractivity contribution in [1.82, 2.24) is 0 Å². The number of rotatable bonds is 4. The maximum Gasteiger partial charge on any atom is 0.197 e. The van der Waals surface area contributed by atoms with Gasteiger partial charge in [0.25, 0.3) is 0 Å². The second-order valence-electron chi connectivity index (χ2n) is 2.08. The van der Waals surface area contributed by atoms with E-state index in [4.69, 9.17) is 9.26 Å². The van der Waals surface area contributed by atoms with Gasteiger partial charge in [0, 0.05) is 20.4 Å². The van der Waals surface area contributed by atoms with Crippen LogP contribution in [0.4, 0.5) is 0 Å². The first-order chi connectivity index (χ1) is 4.06. The lowest BCUT2D eigenvalue weighted by Crippen LogP contribution is -1.98. The van der Waals surface area contributed by atoms with Gasteiger partial charge in [0.2, 0.25) is 0 Å². The minimum absolute atomic E-state index is 0.417. The van der Waals surface area contributed by atoms with Crippen LogP contribution in [0.15, 0.2) is 0 Å². The van der Waals surface area contributed by atoms with E-state index in [0.717, 1.165) is 0 Å². The zero-order valence-electron chi connectivity index (χ0n) is 6.09. The van der Waals surface area contributed by atoms with Crippen LogP contribution in [0.5, 0.6) is 0 Å². The molecule has 9 heavy (non-hydrogen) atoms. The average molecular weight is 152 g/mol. The molecule has 0 aliphatic rings. The van der Waals surface area contributed by atoms with Gasteiger partial charge < -0.3 is 9.26 Å². The van der Waals surface area contributed by atoms with Crippen LogP contribution in [0.3, 0.4) is 0 Å². The fraction of sp³-hybridized carbons (Fsp3) is 1.00. The second-order valence-corrected chi connectivity index (χ2v) is 4.84. The highest BCUT2D eigenvalue weighted by atomic mass is 31.2. The molecular formula is C5H13O3P. The first-order valence-corrected chi connectivity index (χ1v) is 5.26. The Morgan fingerprint density at radius 2 is 1.89 bits per heavy atom. The molecule has 0 rings (SSSR count). The van der Waals surface area contributed by atoms with E-state index < -0.39 is 7.37 Å². The van der Waals surface area contributed by atoms with E-state index in [0.29, 0.717) is 13.2 Å². The molecule has 0 fully saturated rings. The summed E-state index contributed by atoms with van der Waals surface area (Å²) in [7, 11) is -0.692. The molecule has 0 N–H and O–H groups in total. The summed E-state index contributed by atoms with van der Waals surface area (Å²) in [6, 6.07) is 0. The molecule has 4 heteroatoms. The zero-order chi connectivity index (χ0) is 7.33. The van der Waals surface area contributed by atoms with Crippen molar-refractivity contribution in [3.8, 4) is 0 Å². The first-order valence-electron chi connectivity index (χ1n) is 2.75. The monoisotopic (exact) mass is 152 g/mol. The Morgan fingerprint density at radius 3 is 2.22 bits per heavy atom. The highest BCUT2D eigenvalue weighted by Crippen LogP contribution is 2.36. The highest BCUT2D eigenvalue weighted by molar-refractivity contribution is 7.57.